The van der Waals surface area contributed by atoms with E-state index in [2.05, 4.69) is 0 Å². The van der Waals surface area contributed by atoms with E-state index in [0.29, 0.717) is 0 Å². The zero-order valence-electron chi connectivity index (χ0n) is 12.1. The number of hydrogen-bond acceptors (Lipinski definition) is 2. The normalized spacial score (nSPS) is 15.6. The molecule has 0 unspecified atom stereocenters. The van der Waals surface area contributed by atoms with Crippen LogP contribution in [-0.4, -0.2) is 29.5 Å². The topological polar surface area (TPSA) is 29.5 Å². The van der Waals surface area contributed by atoms with Crippen molar-refractivity contribution in [3.05, 3.63) is 35.4 Å². The molecule has 1 aliphatic rings. The number of carbonyl (C=O) groups is 1. The third kappa shape index (κ3) is 2.80. The minimum Gasteiger partial charge on any atom is -0.483 e. The summed E-state index contributed by atoms with van der Waals surface area (Å²) in [7, 11) is 0. The Kier molecular flexibility index (Phi) is 3.65. The van der Waals surface area contributed by atoms with Gasteiger partial charge in [0.2, 0.25) is 0 Å². The molecule has 102 valence electrons. The van der Waals surface area contributed by atoms with E-state index in [1.54, 1.807) is 0 Å². The first-order valence-corrected chi connectivity index (χ1v) is 6.78. The summed E-state index contributed by atoms with van der Waals surface area (Å²) in [5, 5.41) is 0. The molecule has 0 spiro atoms. The molecule has 1 heterocycles. The highest BCUT2D eigenvalue weighted by Crippen LogP contribution is 2.31. The predicted molar refractivity (Wildman–Crippen MR) is 77.4 cm³/mol. The maximum atomic E-state index is 12.3. The Morgan fingerprint density at radius 1 is 1.26 bits per heavy atom. The van der Waals surface area contributed by atoms with Crippen LogP contribution in [0, 0.1) is 0 Å². The molecule has 3 nitrogen and oxygen atoms in total. The quantitative estimate of drug-likeness (QED) is 0.833. The number of hydrogen-bond donors (Lipinski definition) is 0. The predicted octanol–water partition coefficient (Wildman–Crippen LogP) is 3.35. The Labute approximate surface area is 114 Å². The maximum absolute atomic E-state index is 12.3. The van der Waals surface area contributed by atoms with Crippen LogP contribution in [0.25, 0.3) is 6.08 Å². The highest BCUT2D eigenvalue weighted by molar-refractivity contribution is 5.95. The molecule has 0 saturated heterocycles. The molecule has 0 atom stereocenters. The van der Waals surface area contributed by atoms with E-state index in [0.717, 1.165) is 30.0 Å². The van der Waals surface area contributed by atoms with Crippen molar-refractivity contribution in [2.75, 3.05) is 13.1 Å². The van der Waals surface area contributed by atoms with Crippen molar-refractivity contribution in [1.82, 2.24) is 4.90 Å². The second-order valence-electron chi connectivity index (χ2n) is 5.27. The van der Waals surface area contributed by atoms with Gasteiger partial charge in [-0.15, -0.1) is 0 Å². The van der Waals surface area contributed by atoms with Crippen molar-refractivity contribution >= 4 is 12.0 Å². The monoisotopic (exact) mass is 259 g/mol. The summed E-state index contributed by atoms with van der Waals surface area (Å²) in [6.45, 7) is 9.47. The van der Waals surface area contributed by atoms with Gasteiger partial charge in [0, 0.05) is 24.2 Å². The minimum atomic E-state index is -0.280. The Morgan fingerprint density at radius 2 is 1.95 bits per heavy atom. The maximum Gasteiger partial charge on any atom is 0.253 e. The van der Waals surface area contributed by atoms with Crippen LogP contribution in [0.1, 0.15) is 43.6 Å². The Balaban J connectivity index is 2.30. The zero-order valence-corrected chi connectivity index (χ0v) is 12.1. The lowest BCUT2D eigenvalue weighted by atomic mass is 10.0. The van der Waals surface area contributed by atoms with E-state index in [9.17, 15) is 4.79 Å². The lowest BCUT2D eigenvalue weighted by molar-refractivity contribution is 0.0773. The molecule has 0 fully saturated rings. The third-order valence-corrected chi connectivity index (χ3v) is 3.34. The summed E-state index contributed by atoms with van der Waals surface area (Å²) in [4.78, 5) is 14.1. The van der Waals surface area contributed by atoms with Gasteiger partial charge in [-0.25, -0.2) is 0 Å². The molecule has 0 saturated carbocycles. The molecule has 0 N–H and O–H groups in total. The van der Waals surface area contributed by atoms with Crippen molar-refractivity contribution in [1.29, 1.82) is 0 Å². The van der Waals surface area contributed by atoms with Gasteiger partial charge in [-0.1, -0.05) is 6.08 Å². The summed E-state index contributed by atoms with van der Waals surface area (Å²) in [6, 6.07) is 5.63. The van der Waals surface area contributed by atoms with Crippen LogP contribution in [0.15, 0.2) is 24.3 Å². The van der Waals surface area contributed by atoms with Gasteiger partial charge in [0.15, 0.2) is 0 Å². The molecule has 19 heavy (non-hydrogen) atoms. The van der Waals surface area contributed by atoms with Gasteiger partial charge >= 0.3 is 0 Å². The van der Waals surface area contributed by atoms with Crippen LogP contribution in [-0.2, 0) is 0 Å². The van der Waals surface area contributed by atoms with Crippen LogP contribution in [0.5, 0.6) is 5.75 Å². The first-order chi connectivity index (χ1) is 8.96. The standard InChI is InChI=1S/C16H21NO2/c1-5-17(6-2)15(18)13-7-8-14-12(11-13)9-10-16(3,4)19-14/h7-11H,5-6H2,1-4H3. The summed E-state index contributed by atoms with van der Waals surface area (Å²) in [6.07, 6.45) is 4.04. The first-order valence-electron chi connectivity index (χ1n) is 6.78. The highest BCUT2D eigenvalue weighted by atomic mass is 16.5. The van der Waals surface area contributed by atoms with Crippen molar-refractivity contribution in [2.45, 2.75) is 33.3 Å². The van der Waals surface area contributed by atoms with Crippen molar-refractivity contribution in [3.63, 3.8) is 0 Å². The molecule has 1 amide bonds. The fraction of sp³-hybridized carbons (Fsp3) is 0.438. The highest BCUT2D eigenvalue weighted by Gasteiger charge is 2.22. The van der Waals surface area contributed by atoms with E-state index in [4.69, 9.17) is 4.74 Å². The molecule has 2 rings (SSSR count). The number of ether oxygens (including phenoxy) is 1. The third-order valence-electron chi connectivity index (χ3n) is 3.34. The zero-order chi connectivity index (χ0) is 14.0. The summed E-state index contributed by atoms with van der Waals surface area (Å²) < 4.78 is 5.86. The molecule has 1 aromatic rings. The average Bonchev–Trinajstić information content (AvgIpc) is 2.38. The van der Waals surface area contributed by atoms with Gasteiger partial charge in [0.05, 0.1) is 0 Å². The second kappa shape index (κ2) is 5.08. The number of amides is 1. The minimum absolute atomic E-state index is 0.0750. The van der Waals surface area contributed by atoms with Crippen LogP contribution in [0.4, 0.5) is 0 Å². The van der Waals surface area contributed by atoms with E-state index in [1.165, 1.54) is 0 Å². The van der Waals surface area contributed by atoms with E-state index >= 15 is 0 Å². The summed E-state index contributed by atoms with van der Waals surface area (Å²) in [5.74, 6) is 0.912. The second-order valence-corrected chi connectivity index (χ2v) is 5.27. The van der Waals surface area contributed by atoms with Crippen molar-refractivity contribution < 1.29 is 9.53 Å². The number of carbonyl (C=O) groups excluding carboxylic acids is 1. The van der Waals surface area contributed by atoms with Crippen molar-refractivity contribution in [2.24, 2.45) is 0 Å². The van der Waals surface area contributed by atoms with E-state index in [1.807, 2.05) is 62.9 Å². The molecule has 0 bridgehead atoms. The number of benzene rings is 1. The average molecular weight is 259 g/mol. The van der Waals surface area contributed by atoms with Crippen molar-refractivity contribution in [3.8, 4) is 5.75 Å². The van der Waals surface area contributed by atoms with Gasteiger partial charge < -0.3 is 9.64 Å². The van der Waals surface area contributed by atoms with Crippen LogP contribution in [0.2, 0.25) is 0 Å². The SMILES string of the molecule is CCN(CC)C(=O)c1ccc2c(c1)C=CC(C)(C)O2. The number of fused-ring (bicyclic) bond motifs is 1. The molecule has 1 aromatic carbocycles. The number of nitrogens with zero attached hydrogens (tertiary/aromatic N) is 1. The largest absolute Gasteiger partial charge is 0.483 e. The van der Waals surface area contributed by atoms with Gasteiger partial charge in [0.25, 0.3) is 5.91 Å². The summed E-state index contributed by atoms with van der Waals surface area (Å²) in [5.41, 5.74) is 1.41. The molecule has 1 aliphatic heterocycles. The van der Waals surface area contributed by atoms with Gasteiger partial charge in [-0.3, -0.25) is 4.79 Å². The lowest BCUT2D eigenvalue weighted by Crippen LogP contribution is -2.31. The summed E-state index contributed by atoms with van der Waals surface area (Å²) >= 11 is 0. The van der Waals surface area contributed by atoms with Gasteiger partial charge in [-0.05, 0) is 52.0 Å². The van der Waals surface area contributed by atoms with E-state index in [-0.39, 0.29) is 11.5 Å². The van der Waals surface area contributed by atoms with Crippen LogP contribution >= 0.6 is 0 Å². The number of rotatable bonds is 3. The Bertz CT molecular complexity index is 513. The molecular weight excluding hydrogens is 238 g/mol. The Hall–Kier alpha value is -1.77. The Morgan fingerprint density at radius 3 is 2.58 bits per heavy atom. The molecular formula is C16H21NO2. The fourth-order valence-corrected chi connectivity index (χ4v) is 2.21. The fourth-order valence-electron chi connectivity index (χ4n) is 2.21. The lowest BCUT2D eigenvalue weighted by Gasteiger charge is -2.28. The van der Waals surface area contributed by atoms with Crippen LogP contribution < -0.4 is 4.74 Å². The molecule has 0 radical (unpaired) electrons. The smallest absolute Gasteiger partial charge is 0.253 e. The van der Waals surface area contributed by atoms with E-state index < -0.39 is 0 Å². The molecule has 0 aliphatic carbocycles. The molecule has 3 heteroatoms. The molecule has 0 aromatic heterocycles. The van der Waals surface area contributed by atoms with Crippen LogP contribution in [0.3, 0.4) is 0 Å². The van der Waals surface area contributed by atoms with Gasteiger partial charge in [0.1, 0.15) is 11.4 Å². The first kappa shape index (κ1) is 13.7. The van der Waals surface area contributed by atoms with Gasteiger partial charge in [-0.2, -0.15) is 0 Å².